The third-order valence-corrected chi connectivity index (χ3v) is 3.50. The van der Waals surface area contributed by atoms with Gasteiger partial charge < -0.3 is 9.84 Å². The van der Waals surface area contributed by atoms with Gasteiger partial charge in [0.25, 0.3) is 0 Å². The fourth-order valence-electron chi connectivity index (χ4n) is 1.93. The van der Waals surface area contributed by atoms with Crippen LogP contribution in [0.15, 0.2) is 47.0 Å². The fourth-order valence-corrected chi connectivity index (χ4v) is 2.17. The standard InChI is InChI=1S/C18H13ClF3NO3/c1-2-26-18(25)13(9-23-11-5-3-10(20)4-6-11)17(24)12-7-15(21)16(22)8-14(12)19/h3-9,24H,2H2,1H3. The van der Waals surface area contributed by atoms with E-state index in [-0.39, 0.29) is 22.9 Å². The average Bonchev–Trinajstić information content (AvgIpc) is 2.60. The number of esters is 1. The molecule has 0 saturated carbocycles. The molecule has 0 saturated heterocycles. The van der Waals surface area contributed by atoms with Crippen molar-refractivity contribution >= 4 is 35.2 Å². The highest BCUT2D eigenvalue weighted by Gasteiger charge is 2.20. The van der Waals surface area contributed by atoms with Gasteiger partial charge in [-0.3, -0.25) is 4.99 Å². The molecule has 0 fully saturated rings. The molecular weight excluding hydrogens is 371 g/mol. The second-order valence-electron chi connectivity index (χ2n) is 4.96. The Labute approximate surface area is 152 Å². The monoisotopic (exact) mass is 383 g/mol. The van der Waals surface area contributed by atoms with Crippen LogP contribution in [0.2, 0.25) is 5.02 Å². The average molecular weight is 384 g/mol. The normalized spacial score (nSPS) is 12.2. The van der Waals surface area contributed by atoms with Gasteiger partial charge in [0.2, 0.25) is 0 Å². The maximum Gasteiger partial charge on any atom is 0.343 e. The van der Waals surface area contributed by atoms with Crippen LogP contribution in [0.3, 0.4) is 0 Å². The summed E-state index contributed by atoms with van der Waals surface area (Å²) in [6, 6.07) is 6.33. The van der Waals surface area contributed by atoms with E-state index in [0.29, 0.717) is 12.1 Å². The summed E-state index contributed by atoms with van der Waals surface area (Å²) < 4.78 is 44.4. The number of aliphatic hydroxyl groups is 1. The Morgan fingerprint density at radius 3 is 2.42 bits per heavy atom. The van der Waals surface area contributed by atoms with Gasteiger partial charge in [-0.1, -0.05) is 11.6 Å². The molecule has 8 heteroatoms. The molecule has 0 unspecified atom stereocenters. The summed E-state index contributed by atoms with van der Waals surface area (Å²) in [5, 5.41) is 10.0. The Balaban J connectivity index is 2.52. The molecule has 0 radical (unpaired) electrons. The highest BCUT2D eigenvalue weighted by Crippen LogP contribution is 2.27. The minimum absolute atomic E-state index is 0.00547. The number of ether oxygens (including phenoxy) is 1. The van der Waals surface area contributed by atoms with E-state index in [1.165, 1.54) is 12.1 Å². The molecule has 0 aliphatic heterocycles. The van der Waals surface area contributed by atoms with E-state index in [1.807, 2.05) is 0 Å². The number of carbonyl (C=O) groups is 1. The van der Waals surface area contributed by atoms with Crippen molar-refractivity contribution in [1.82, 2.24) is 0 Å². The van der Waals surface area contributed by atoms with Crippen molar-refractivity contribution in [2.75, 3.05) is 6.61 Å². The van der Waals surface area contributed by atoms with Crippen molar-refractivity contribution in [3.63, 3.8) is 0 Å². The molecule has 0 atom stereocenters. The molecule has 0 bridgehead atoms. The predicted molar refractivity (Wildman–Crippen MR) is 92.1 cm³/mol. The fraction of sp³-hybridized carbons (Fsp3) is 0.111. The van der Waals surface area contributed by atoms with Gasteiger partial charge in [-0.2, -0.15) is 0 Å². The van der Waals surface area contributed by atoms with E-state index in [4.69, 9.17) is 16.3 Å². The Bertz CT molecular complexity index is 880. The van der Waals surface area contributed by atoms with E-state index in [1.54, 1.807) is 6.92 Å². The largest absolute Gasteiger partial charge is 0.506 e. The molecule has 1 N–H and O–H groups in total. The second-order valence-corrected chi connectivity index (χ2v) is 5.37. The molecule has 4 nitrogen and oxygen atoms in total. The molecule has 0 heterocycles. The molecule has 0 aliphatic rings. The Hall–Kier alpha value is -2.80. The molecule has 0 amide bonds. The molecule has 2 aromatic rings. The summed E-state index contributed by atoms with van der Waals surface area (Å²) in [6.07, 6.45) is 0.970. The van der Waals surface area contributed by atoms with E-state index < -0.39 is 34.8 Å². The van der Waals surface area contributed by atoms with Crippen molar-refractivity contribution in [3.8, 4) is 0 Å². The number of aliphatic imine (C=N–C) groups is 1. The number of rotatable bonds is 5. The lowest BCUT2D eigenvalue weighted by atomic mass is 10.1. The molecular formula is C18H13ClF3NO3. The van der Waals surface area contributed by atoms with Gasteiger partial charge in [0.15, 0.2) is 11.6 Å². The van der Waals surface area contributed by atoms with Crippen LogP contribution in [-0.2, 0) is 9.53 Å². The molecule has 0 aliphatic carbocycles. The zero-order valence-corrected chi connectivity index (χ0v) is 14.2. The summed E-state index contributed by atoms with van der Waals surface area (Å²) in [6.45, 7) is 1.56. The highest BCUT2D eigenvalue weighted by molar-refractivity contribution is 6.32. The van der Waals surface area contributed by atoms with Gasteiger partial charge in [0.05, 0.1) is 17.3 Å². The SMILES string of the molecule is CCOC(=O)C(C=Nc1ccc(F)cc1)=C(O)c1cc(F)c(F)cc1Cl. The number of hydrogen-bond donors (Lipinski definition) is 1. The first kappa shape index (κ1) is 19.5. The summed E-state index contributed by atoms with van der Waals surface area (Å²) in [5.74, 6) is -4.62. The summed E-state index contributed by atoms with van der Waals surface area (Å²) in [4.78, 5) is 16.0. The van der Waals surface area contributed by atoms with Crippen LogP contribution in [0.4, 0.5) is 18.9 Å². The number of hydrogen-bond acceptors (Lipinski definition) is 4. The van der Waals surface area contributed by atoms with Crippen molar-refractivity contribution in [2.45, 2.75) is 6.92 Å². The van der Waals surface area contributed by atoms with Gasteiger partial charge in [-0.15, -0.1) is 0 Å². The number of halogens is 4. The maximum atomic E-state index is 13.5. The zero-order chi connectivity index (χ0) is 19.3. The smallest absolute Gasteiger partial charge is 0.343 e. The van der Waals surface area contributed by atoms with Crippen LogP contribution in [0.1, 0.15) is 12.5 Å². The van der Waals surface area contributed by atoms with Crippen LogP contribution in [-0.4, -0.2) is 23.9 Å². The van der Waals surface area contributed by atoms with Crippen molar-refractivity contribution in [2.24, 2.45) is 4.99 Å². The quantitative estimate of drug-likeness (QED) is 0.260. The summed E-state index contributed by atoms with van der Waals surface area (Å²) in [5.41, 5.74) is -0.444. The number of carbonyl (C=O) groups excluding carboxylic acids is 1. The third-order valence-electron chi connectivity index (χ3n) is 3.18. The molecule has 0 aromatic heterocycles. The van der Waals surface area contributed by atoms with Gasteiger partial charge >= 0.3 is 5.97 Å². The van der Waals surface area contributed by atoms with E-state index in [0.717, 1.165) is 18.3 Å². The van der Waals surface area contributed by atoms with Crippen LogP contribution in [0, 0.1) is 17.5 Å². The first-order valence-electron chi connectivity index (χ1n) is 7.38. The van der Waals surface area contributed by atoms with Gasteiger partial charge in [0.1, 0.15) is 17.1 Å². The number of aliphatic hydroxyl groups excluding tert-OH is 1. The first-order chi connectivity index (χ1) is 12.3. The summed E-state index contributed by atoms with van der Waals surface area (Å²) >= 11 is 5.82. The molecule has 0 spiro atoms. The van der Waals surface area contributed by atoms with Gasteiger partial charge in [-0.25, -0.2) is 18.0 Å². The van der Waals surface area contributed by atoms with Crippen LogP contribution < -0.4 is 0 Å². The van der Waals surface area contributed by atoms with Gasteiger partial charge in [-0.05, 0) is 43.3 Å². The maximum absolute atomic E-state index is 13.5. The van der Waals surface area contributed by atoms with Crippen LogP contribution in [0.5, 0.6) is 0 Å². The van der Waals surface area contributed by atoms with E-state index >= 15 is 0 Å². The zero-order valence-electron chi connectivity index (χ0n) is 13.5. The van der Waals surface area contributed by atoms with Crippen LogP contribution >= 0.6 is 11.6 Å². The van der Waals surface area contributed by atoms with Crippen molar-refractivity contribution < 1.29 is 27.8 Å². The molecule has 2 aromatic carbocycles. The lowest BCUT2D eigenvalue weighted by Crippen LogP contribution is -2.11. The highest BCUT2D eigenvalue weighted by atomic mass is 35.5. The van der Waals surface area contributed by atoms with E-state index in [9.17, 15) is 23.1 Å². The lowest BCUT2D eigenvalue weighted by Gasteiger charge is -2.09. The van der Waals surface area contributed by atoms with Crippen molar-refractivity contribution in [3.05, 3.63) is 70.0 Å². The predicted octanol–water partition coefficient (Wildman–Crippen LogP) is 4.99. The Kier molecular flexibility index (Phi) is 6.41. The third kappa shape index (κ3) is 4.64. The second kappa shape index (κ2) is 8.53. The first-order valence-corrected chi connectivity index (χ1v) is 7.76. The van der Waals surface area contributed by atoms with E-state index in [2.05, 4.69) is 4.99 Å². The minimum atomic E-state index is -1.25. The number of benzene rings is 2. The Morgan fingerprint density at radius 1 is 1.19 bits per heavy atom. The minimum Gasteiger partial charge on any atom is -0.506 e. The van der Waals surface area contributed by atoms with Gasteiger partial charge in [0, 0.05) is 11.8 Å². The summed E-state index contributed by atoms with van der Waals surface area (Å²) in [7, 11) is 0. The molecule has 2 rings (SSSR count). The Morgan fingerprint density at radius 2 is 1.81 bits per heavy atom. The number of nitrogens with zero attached hydrogens (tertiary/aromatic N) is 1. The molecule has 26 heavy (non-hydrogen) atoms. The van der Waals surface area contributed by atoms with Crippen LogP contribution in [0.25, 0.3) is 5.76 Å². The molecule has 136 valence electrons. The lowest BCUT2D eigenvalue weighted by molar-refractivity contribution is -0.137. The van der Waals surface area contributed by atoms with Crippen molar-refractivity contribution in [1.29, 1.82) is 0 Å². The topological polar surface area (TPSA) is 58.9 Å².